The molecule has 0 saturated carbocycles. The van der Waals surface area contributed by atoms with Crippen LogP contribution in [0.3, 0.4) is 0 Å². The van der Waals surface area contributed by atoms with Crippen molar-refractivity contribution in [2.24, 2.45) is 0 Å². The van der Waals surface area contributed by atoms with E-state index in [4.69, 9.17) is 0 Å². The molecule has 0 atom stereocenters. The van der Waals surface area contributed by atoms with E-state index in [9.17, 15) is 8.42 Å². The van der Waals surface area contributed by atoms with Crippen molar-refractivity contribution in [3.63, 3.8) is 0 Å². The van der Waals surface area contributed by atoms with E-state index in [-0.39, 0.29) is 5.03 Å². The van der Waals surface area contributed by atoms with Gasteiger partial charge in [0.1, 0.15) is 0 Å². The number of benzene rings is 1. The lowest BCUT2D eigenvalue weighted by Gasteiger charge is -2.08. The maximum absolute atomic E-state index is 12.2. The number of hydrogen-bond acceptors (Lipinski definition) is 4. The van der Waals surface area contributed by atoms with Crippen LogP contribution in [-0.4, -0.2) is 19.9 Å². The van der Waals surface area contributed by atoms with Crippen LogP contribution < -0.4 is 10.0 Å². The fraction of sp³-hybridized carbons (Fsp3) is 0.267. The van der Waals surface area contributed by atoms with Gasteiger partial charge in [0, 0.05) is 18.4 Å². The van der Waals surface area contributed by atoms with Crippen LogP contribution in [0, 0.1) is 0 Å². The van der Waals surface area contributed by atoms with E-state index in [0.717, 1.165) is 18.5 Å². The Labute approximate surface area is 125 Å². The zero-order valence-electron chi connectivity index (χ0n) is 11.9. The number of aromatic nitrogens is 1. The summed E-state index contributed by atoms with van der Waals surface area (Å²) >= 11 is 0. The number of sulfonamides is 1. The lowest BCUT2D eigenvalue weighted by Crippen LogP contribution is -2.16. The van der Waals surface area contributed by atoms with Crippen LogP contribution in [0.1, 0.15) is 18.9 Å². The summed E-state index contributed by atoms with van der Waals surface area (Å²) in [6.45, 7) is 3.71. The molecule has 1 aromatic heterocycles. The summed E-state index contributed by atoms with van der Waals surface area (Å²) < 4.78 is 26.9. The van der Waals surface area contributed by atoms with E-state index in [0.29, 0.717) is 12.2 Å². The van der Waals surface area contributed by atoms with Gasteiger partial charge in [-0.3, -0.25) is 4.72 Å². The minimum absolute atomic E-state index is 0.0191. The first-order chi connectivity index (χ1) is 10.1. The molecule has 0 unspecified atom stereocenters. The lowest BCUT2D eigenvalue weighted by atomic mass is 10.3. The second-order valence-electron chi connectivity index (χ2n) is 4.65. The van der Waals surface area contributed by atoms with Crippen molar-refractivity contribution in [2.75, 3.05) is 11.3 Å². The third kappa shape index (κ3) is 4.54. The van der Waals surface area contributed by atoms with E-state index in [2.05, 4.69) is 21.9 Å². The van der Waals surface area contributed by atoms with Crippen LogP contribution in [0.4, 0.5) is 5.69 Å². The van der Waals surface area contributed by atoms with Crippen LogP contribution in [0.5, 0.6) is 0 Å². The third-order valence-corrected chi connectivity index (χ3v) is 4.15. The van der Waals surface area contributed by atoms with Crippen LogP contribution in [0.25, 0.3) is 0 Å². The highest BCUT2D eigenvalue weighted by Gasteiger charge is 2.15. The molecule has 0 fully saturated rings. The number of rotatable bonds is 7. The molecule has 0 aliphatic heterocycles. The molecule has 0 amide bonds. The maximum Gasteiger partial charge on any atom is 0.279 e. The van der Waals surface area contributed by atoms with Gasteiger partial charge in [-0.05, 0) is 36.7 Å². The first kappa shape index (κ1) is 15.5. The van der Waals surface area contributed by atoms with E-state index < -0.39 is 10.0 Å². The summed E-state index contributed by atoms with van der Waals surface area (Å²) in [4.78, 5) is 4.03. The Morgan fingerprint density at radius 1 is 1.10 bits per heavy atom. The van der Waals surface area contributed by atoms with Gasteiger partial charge in [0.15, 0.2) is 5.03 Å². The number of hydrogen-bond donors (Lipinski definition) is 2. The molecule has 21 heavy (non-hydrogen) atoms. The van der Waals surface area contributed by atoms with Crippen LogP contribution in [0.2, 0.25) is 0 Å². The molecular formula is C15H19N3O2S. The van der Waals surface area contributed by atoms with Crippen molar-refractivity contribution in [3.05, 3.63) is 54.2 Å². The fourth-order valence-corrected chi connectivity index (χ4v) is 2.79. The molecule has 0 saturated heterocycles. The average molecular weight is 305 g/mol. The van der Waals surface area contributed by atoms with Crippen LogP contribution in [-0.2, 0) is 16.6 Å². The summed E-state index contributed by atoms with van der Waals surface area (Å²) in [6, 6.07) is 12.1. The topological polar surface area (TPSA) is 71.1 Å². The first-order valence-electron chi connectivity index (χ1n) is 6.85. The molecule has 1 heterocycles. The zero-order valence-corrected chi connectivity index (χ0v) is 12.7. The second kappa shape index (κ2) is 7.19. The SMILES string of the molecule is CCCNCc1ccc(S(=O)(=O)Nc2ccccc2)nc1. The zero-order chi connectivity index (χ0) is 15.1. The molecule has 1 aromatic carbocycles. The van der Waals surface area contributed by atoms with Gasteiger partial charge in [0.05, 0.1) is 0 Å². The lowest BCUT2D eigenvalue weighted by molar-refractivity contribution is 0.597. The predicted molar refractivity (Wildman–Crippen MR) is 83.5 cm³/mol. The van der Waals surface area contributed by atoms with Crippen molar-refractivity contribution < 1.29 is 8.42 Å². The van der Waals surface area contributed by atoms with Gasteiger partial charge in [-0.2, -0.15) is 8.42 Å². The number of pyridine rings is 1. The molecule has 0 aliphatic rings. The Hall–Kier alpha value is -1.92. The Morgan fingerprint density at radius 3 is 2.48 bits per heavy atom. The highest BCUT2D eigenvalue weighted by atomic mass is 32.2. The molecule has 0 bridgehead atoms. The van der Waals surface area contributed by atoms with E-state index in [1.807, 2.05) is 6.07 Å². The largest absolute Gasteiger partial charge is 0.313 e. The molecule has 6 heteroatoms. The number of para-hydroxylation sites is 1. The average Bonchev–Trinajstić information content (AvgIpc) is 2.49. The Kier molecular flexibility index (Phi) is 5.30. The van der Waals surface area contributed by atoms with Crippen LogP contribution >= 0.6 is 0 Å². The van der Waals surface area contributed by atoms with E-state index in [1.165, 1.54) is 6.07 Å². The van der Waals surface area contributed by atoms with E-state index in [1.54, 1.807) is 36.5 Å². The molecule has 2 aromatic rings. The molecular weight excluding hydrogens is 286 g/mol. The first-order valence-corrected chi connectivity index (χ1v) is 8.33. The van der Waals surface area contributed by atoms with Crippen molar-refractivity contribution in [1.82, 2.24) is 10.3 Å². The second-order valence-corrected chi connectivity index (χ2v) is 6.28. The number of nitrogens with zero attached hydrogens (tertiary/aromatic N) is 1. The van der Waals surface area contributed by atoms with Gasteiger partial charge in [-0.15, -0.1) is 0 Å². The minimum Gasteiger partial charge on any atom is -0.313 e. The summed E-state index contributed by atoms with van der Waals surface area (Å²) in [5, 5.41) is 3.26. The van der Waals surface area contributed by atoms with Gasteiger partial charge in [0.2, 0.25) is 0 Å². The molecule has 112 valence electrons. The predicted octanol–water partition coefficient (Wildman–Crippen LogP) is 2.38. The summed E-state index contributed by atoms with van der Waals surface area (Å²) in [5.74, 6) is 0. The Balaban J connectivity index is 2.06. The normalized spacial score (nSPS) is 11.3. The van der Waals surface area contributed by atoms with Gasteiger partial charge in [-0.25, -0.2) is 4.98 Å². The molecule has 0 spiro atoms. The number of nitrogens with one attached hydrogen (secondary N) is 2. The standard InChI is InChI=1S/C15H19N3O2S/c1-2-10-16-11-13-8-9-15(17-12-13)21(19,20)18-14-6-4-3-5-7-14/h3-9,12,16,18H,2,10-11H2,1H3. The Bertz CT molecular complexity index is 655. The third-order valence-electron chi connectivity index (χ3n) is 2.85. The van der Waals surface area contributed by atoms with Crippen molar-refractivity contribution in [3.8, 4) is 0 Å². The van der Waals surface area contributed by atoms with Gasteiger partial charge in [-0.1, -0.05) is 31.2 Å². The summed E-state index contributed by atoms with van der Waals surface area (Å²) in [5.41, 5.74) is 1.48. The highest BCUT2D eigenvalue weighted by Crippen LogP contribution is 2.14. The minimum atomic E-state index is -3.64. The van der Waals surface area contributed by atoms with Gasteiger partial charge in [0.25, 0.3) is 10.0 Å². The monoisotopic (exact) mass is 305 g/mol. The van der Waals surface area contributed by atoms with Crippen molar-refractivity contribution in [2.45, 2.75) is 24.9 Å². The number of anilines is 1. The molecule has 0 aliphatic carbocycles. The summed E-state index contributed by atoms with van der Waals surface area (Å²) in [6.07, 6.45) is 2.64. The van der Waals surface area contributed by atoms with Gasteiger partial charge >= 0.3 is 0 Å². The van der Waals surface area contributed by atoms with E-state index >= 15 is 0 Å². The fourth-order valence-electron chi connectivity index (χ4n) is 1.80. The maximum atomic E-state index is 12.2. The van der Waals surface area contributed by atoms with Crippen LogP contribution in [0.15, 0.2) is 53.7 Å². The summed E-state index contributed by atoms with van der Waals surface area (Å²) in [7, 11) is -3.64. The highest BCUT2D eigenvalue weighted by molar-refractivity contribution is 7.92. The van der Waals surface area contributed by atoms with Gasteiger partial charge < -0.3 is 5.32 Å². The molecule has 5 nitrogen and oxygen atoms in total. The molecule has 0 radical (unpaired) electrons. The quantitative estimate of drug-likeness (QED) is 0.771. The Morgan fingerprint density at radius 2 is 1.86 bits per heavy atom. The molecule has 2 rings (SSSR count). The smallest absolute Gasteiger partial charge is 0.279 e. The molecule has 2 N–H and O–H groups in total. The van der Waals surface area contributed by atoms with Crippen molar-refractivity contribution in [1.29, 1.82) is 0 Å². The van der Waals surface area contributed by atoms with Crippen molar-refractivity contribution >= 4 is 15.7 Å².